The Bertz CT molecular complexity index is 517. The average molecular weight is 362 g/mol. The van der Waals surface area contributed by atoms with E-state index >= 15 is 0 Å². The van der Waals surface area contributed by atoms with Gasteiger partial charge in [0.15, 0.2) is 0 Å². The first-order valence-electron chi connectivity index (χ1n) is 8.69. The number of sulfonamides is 1. The lowest BCUT2D eigenvalue weighted by Crippen LogP contribution is -2.58. The lowest BCUT2D eigenvalue weighted by atomic mass is 9.94. The van der Waals surface area contributed by atoms with E-state index in [-0.39, 0.29) is 24.1 Å². The number of hydrogen-bond acceptors (Lipinski definition) is 5. The normalized spacial score (nSPS) is 31.9. The molecule has 1 N–H and O–H groups in total. The molecule has 0 aromatic heterocycles. The molecular weight excluding hydrogens is 332 g/mol. The fraction of sp³-hybridized carbons (Fsp3) is 0.938. The van der Waals surface area contributed by atoms with Gasteiger partial charge < -0.3 is 14.4 Å². The molecule has 0 radical (unpaired) electrons. The van der Waals surface area contributed by atoms with Crippen LogP contribution < -0.4 is 4.72 Å². The summed E-state index contributed by atoms with van der Waals surface area (Å²) >= 11 is 0. The molecule has 1 aliphatic carbocycles. The summed E-state index contributed by atoms with van der Waals surface area (Å²) in [6, 6.07) is -0.529. The lowest BCUT2D eigenvalue weighted by Gasteiger charge is -2.41. The van der Waals surface area contributed by atoms with Gasteiger partial charge in [0.25, 0.3) is 0 Å². The van der Waals surface area contributed by atoms with Crippen LogP contribution in [0.3, 0.4) is 0 Å². The fourth-order valence-electron chi connectivity index (χ4n) is 3.74. The van der Waals surface area contributed by atoms with Gasteiger partial charge >= 0.3 is 0 Å². The Morgan fingerprint density at radius 2 is 1.79 bits per heavy atom. The van der Waals surface area contributed by atoms with Gasteiger partial charge in [0, 0.05) is 26.6 Å². The van der Waals surface area contributed by atoms with E-state index in [4.69, 9.17) is 9.47 Å². The van der Waals surface area contributed by atoms with Gasteiger partial charge in [0.2, 0.25) is 15.9 Å². The van der Waals surface area contributed by atoms with Crippen LogP contribution in [0.5, 0.6) is 0 Å². The minimum absolute atomic E-state index is 0.0355. The molecule has 0 spiro atoms. The third-order valence-corrected chi connectivity index (χ3v) is 5.74. The van der Waals surface area contributed by atoms with Crippen molar-refractivity contribution in [3.63, 3.8) is 0 Å². The monoisotopic (exact) mass is 362 g/mol. The first kappa shape index (κ1) is 19.6. The Hall–Kier alpha value is -0.700. The van der Waals surface area contributed by atoms with Gasteiger partial charge in [-0.15, -0.1) is 0 Å². The molecule has 2 rings (SSSR count). The number of methoxy groups -OCH3 is 1. The number of ether oxygens (including phenoxy) is 2. The van der Waals surface area contributed by atoms with E-state index in [1.54, 1.807) is 12.0 Å². The Morgan fingerprint density at radius 1 is 1.17 bits per heavy atom. The molecule has 1 saturated carbocycles. The second-order valence-electron chi connectivity index (χ2n) is 6.89. The highest BCUT2D eigenvalue weighted by Crippen LogP contribution is 2.25. The van der Waals surface area contributed by atoms with E-state index in [1.165, 1.54) is 6.92 Å². The van der Waals surface area contributed by atoms with Crippen LogP contribution in [0.25, 0.3) is 0 Å². The zero-order chi connectivity index (χ0) is 17.7. The van der Waals surface area contributed by atoms with Gasteiger partial charge in [-0.05, 0) is 38.5 Å². The van der Waals surface area contributed by atoms with Crippen molar-refractivity contribution < 1.29 is 22.7 Å². The van der Waals surface area contributed by atoms with E-state index < -0.39 is 10.0 Å². The highest BCUT2D eigenvalue weighted by molar-refractivity contribution is 7.88. The standard InChI is InChI=1S/C16H30N2O5S/c1-12(19)18-10-4-5-15(17-24(3,20)21)16(18)11-23-14-8-6-13(22-2)7-9-14/h13-17H,4-11H2,1-3H3. The van der Waals surface area contributed by atoms with Gasteiger partial charge in [-0.25, -0.2) is 13.1 Å². The first-order chi connectivity index (χ1) is 11.3. The van der Waals surface area contributed by atoms with Gasteiger partial charge in [-0.1, -0.05) is 0 Å². The van der Waals surface area contributed by atoms with Gasteiger partial charge in [0.1, 0.15) is 0 Å². The third kappa shape index (κ3) is 5.68. The van der Waals surface area contributed by atoms with Gasteiger partial charge in [0.05, 0.1) is 31.1 Å². The molecule has 1 heterocycles. The van der Waals surface area contributed by atoms with Crippen LogP contribution in [0.15, 0.2) is 0 Å². The number of amides is 1. The van der Waals surface area contributed by atoms with Crippen molar-refractivity contribution in [3.8, 4) is 0 Å². The number of carbonyl (C=O) groups excluding carboxylic acids is 1. The molecule has 7 nitrogen and oxygen atoms in total. The van der Waals surface area contributed by atoms with Crippen molar-refractivity contribution in [2.75, 3.05) is 26.5 Å². The largest absolute Gasteiger partial charge is 0.381 e. The quantitative estimate of drug-likeness (QED) is 0.758. The second-order valence-corrected chi connectivity index (χ2v) is 8.67. The van der Waals surface area contributed by atoms with Crippen molar-refractivity contribution in [2.24, 2.45) is 0 Å². The second kappa shape index (κ2) is 8.60. The minimum Gasteiger partial charge on any atom is -0.381 e. The third-order valence-electron chi connectivity index (χ3n) is 5.01. The van der Waals surface area contributed by atoms with Gasteiger partial charge in [-0.3, -0.25) is 4.79 Å². The number of piperidine rings is 1. The first-order valence-corrected chi connectivity index (χ1v) is 10.6. The molecule has 0 bridgehead atoms. The summed E-state index contributed by atoms with van der Waals surface area (Å²) in [6.07, 6.45) is 6.98. The number of nitrogens with one attached hydrogen (secondary N) is 1. The summed E-state index contributed by atoms with van der Waals surface area (Å²) in [5.41, 5.74) is 0. The van der Waals surface area contributed by atoms with Gasteiger partial charge in [-0.2, -0.15) is 0 Å². The number of likely N-dealkylation sites (tertiary alicyclic amines) is 1. The molecule has 8 heteroatoms. The van der Waals surface area contributed by atoms with Crippen LogP contribution >= 0.6 is 0 Å². The van der Waals surface area contributed by atoms with Crippen molar-refractivity contribution in [3.05, 3.63) is 0 Å². The van der Waals surface area contributed by atoms with Crippen LogP contribution in [-0.4, -0.2) is 70.0 Å². The maximum Gasteiger partial charge on any atom is 0.219 e. The summed E-state index contributed by atoms with van der Waals surface area (Å²) < 4.78 is 37.4. The summed E-state index contributed by atoms with van der Waals surface area (Å²) in [6.45, 7) is 2.55. The molecule has 2 aliphatic rings. The number of nitrogens with zero attached hydrogens (tertiary/aromatic N) is 1. The van der Waals surface area contributed by atoms with Crippen molar-refractivity contribution >= 4 is 15.9 Å². The average Bonchev–Trinajstić information content (AvgIpc) is 2.52. The number of carbonyl (C=O) groups is 1. The maximum atomic E-state index is 11.9. The predicted molar refractivity (Wildman–Crippen MR) is 91.2 cm³/mol. The summed E-state index contributed by atoms with van der Waals surface area (Å²) in [5.74, 6) is -0.0355. The van der Waals surface area contributed by atoms with E-state index in [1.807, 2.05) is 0 Å². The van der Waals surface area contributed by atoms with Crippen molar-refractivity contribution in [1.82, 2.24) is 9.62 Å². The summed E-state index contributed by atoms with van der Waals surface area (Å²) in [5, 5.41) is 0. The molecule has 24 heavy (non-hydrogen) atoms. The highest BCUT2D eigenvalue weighted by Gasteiger charge is 2.35. The summed E-state index contributed by atoms with van der Waals surface area (Å²) in [7, 11) is -1.58. The maximum absolute atomic E-state index is 11.9. The molecule has 140 valence electrons. The molecule has 2 atom stereocenters. The molecule has 1 aliphatic heterocycles. The number of hydrogen-bond donors (Lipinski definition) is 1. The smallest absolute Gasteiger partial charge is 0.219 e. The zero-order valence-electron chi connectivity index (χ0n) is 14.9. The van der Waals surface area contributed by atoms with E-state index in [2.05, 4.69) is 4.72 Å². The molecule has 2 unspecified atom stereocenters. The van der Waals surface area contributed by atoms with E-state index in [0.29, 0.717) is 19.3 Å². The fourth-order valence-corrected chi connectivity index (χ4v) is 4.56. The molecular formula is C16H30N2O5S. The van der Waals surface area contributed by atoms with E-state index in [0.717, 1.165) is 44.8 Å². The van der Waals surface area contributed by atoms with E-state index in [9.17, 15) is 13.2 Å². The molecule has 2 fully saturated rings. The Balaban J connectivity index is 1.96. The predicted octanol–water partition coefficient (Wildman–Crippen LogP) is 0.889. The highest BCUT2D eigenvalue weighted by atomic mass is 32.2. The minimum atomic E-state index is -3.32. The molecule has 0 aromatic rings. The molecule has 0 aromatic carbocycles. The molecule has 1 saturated heterocycles. The summed E-state index contributed by atoms with van der Waals surface area (Å²) in [4.78, 5) is 13.7. The van der Waals surface area contributed by atoms with Crippen LogP contribution in [0.2, 0.25) is 0 Å². The molecule has 1 amide bonds. The SMILES string of the molecule is COC1CCC(OCC2C(NS(C)(=O)=O)CCCN2C(C)=O)CC1. The van der Waals surface area contributed by atoms with Crippen molar-refractivity contribution in [2.45, 2.75) is 69.7 Å². The van der Waals surface area contributed by atoms with Crippen LogP contribution in [0.1, 0.15) is 45.4 Å². The zero-order valence-corrected chi connectivity index (χ0v) is 15.7. The Morgan fingerprint density at radius 3 is 2.33 bits per heavy atom. The topological polar surface area (TPSA) is 84.9 Å². The van der Waals surface area contributed by atoms with Crippen LogP contribution in [0.4, 0.5) is 0 Å². The Labute approximate surface area is 145 Å². The Kier molecular flexibility index (Phi) is 7.03. The van der Waals surface area contributed by atoms with Crippen LogP contribution in [-0.2, 0) is 24.3 Å². The number of rotatable bonds is 6. The van der Waals surface area contributed by atoms with Crippen molar-refractivity contribution in [1.29, 1.82) is 0 Å². The van der Waals surface area contributed by atoms with Crippen LogP contribution in [0, 0.1) is 0 Å². The lowest BCUT2D eigenvalue weighted by molar-refractivity contribution is -0.136.